The van der Waals surface area contributed by atoms with Gasteiger partial charge in [0, 0.05) is 17.3 Å². The summed E-state index contributed by atoms with van der Waals surface area (Å²) in [6, 6.07) is 1.75. The van der Waals surface area contributed by atoms with E-state index in [1.54, 1.807) is 0 Å². The first kappa shape index (κ1) is 11.4. The summed E-state index contributed by atoms with van der Waals surface area (Å²) in [7, 11) is 0. The molecule has 0 aromatic rings. The van der Waals surface area contributed by atoms with Crippen molar-refractivity contribution in [2.24, 2.45) is 11.8 Å². The van der Waals surface area contributed by atoms with Crippen LogP contribution in [0.25, 0.3) is 0 Å². The molecular weight excluding hydrogens is 214 g/mol. The fourth-order valence-corrected chi connectivity index (χ4v) is 4.96. The summed E-state index contributed by atoms with van der Waals surface area (Å²) < 4.78 is 0. The number of fused-ring (bicyclic) bond motifs is 2. The van der Waals surface area contributed by atoms with Crippen molar-refractivity contribution in [1.82, 2.24) is 5.32 Å². The fraction of sp³-hybridized carbons (Fsp3) is 1.00. The molecule has 2 heteroatoms. The van der Waals surface area contributed by atoms with Crippen molar-refractivity contribution < 1.29 is 0 Å². The Labute approximate surface area is 104 Å². The summed E-state index contributed by atoms with van der Waals surface area (Å²) in [5.74, 6) is 2.13. The van der Waals surface area contributed by atoms with Gasteiger partial charge in [0.15, 0.2) is 0 Å². The molecule has 0 saturated heterocycles. The molecule has 0 spiro atoms. The predicted octanol–water partition coefficient (Wildman–Crippen LogP) is 3.44. The van der Waals surface area contributed by atoms with E-state index in [4.69, 9.17) is 0 Å². The first-order chi connectivity index (χ1) is 7.85. The molecule has 0 amide bonds. The Bertz CT molecular complexity index is 235. The molecule has 3 saturated carbocycles. The fourth-order valence-electron chi connectivity index (χ4n) is 4.22. The maximum Gasteiger partial charge on any atom is 0.0101 e. The molecule has 3 fully saturated rings. The van der Waals surface area contributed by atoms with E-state index in [1.165, 1.54) is 51.4 Å². The minimum Gasteiger partial charge on any atom is -0.311 e. The highest BCUT2D eigenvalue weighted by Crippen LogP contribution is 2.45. The summed E-state index contributed by atoms with van der Waals surface area (Å²) in [6.07, 6.45) is 14.1. The van der Waals surface area contributed by atoms with Crippen LogP contribution in [-0.2, 0) is 0 Å². The standard InChI is InChI=1S/C14H25NS/c1-16-13-6-4-12(5-7-13)15-14-9-10-2-3-11(14)8-10/h10-15H,2-9H2,1H3. The molecule has 3 unspecified atom stereocenters. The van der Waals surface area contributed by atoms with Crippen molar-refractivity contribution >= 4 is 11.8 Å². The normalized spacial score (nSPS) is 47.4. The van der Waals surface area contributed by atoms with Crippen LogP contribution >= 0.6 is 11.8 Å². The Morgan fingerprint density at radius 1 is 0.938 bits per heavy atom. The Morgan fingerprint density at radius 3 is 2.31 bits per heavy atom. The van der Waals surface area contributed by atoms with Gasteiger partial charge in [-0.05, 0) is 63.0 Å². The molecule has 3 aliphatic carbocycles. The van der Waals surface area contributed by atoms with Gasteiger partial charge in [-0.2, -0.15) is 11.8 Å². The highest BCUT2D eigenvalue weighted by molar-refractivity contribution is 7.99. The predicted molar refractivity (Wildman–Crippen MR) is 71.9 cm³/mol. The number of thioether (sulfide) groups is 1. The second-order valence-electron chi connectivity index (χ2n) is 6.16. The lowest BCUT2D eigenvalue weighted by Crippen LogP contribution is -2.43. The van der Waals surface area contributed by atoms with Crippen LogP contribution in [0.15, 0.2) is 0 Å². The highest BCUT2D eigenvalue weighted by Gasteiger charge is 2.40. The van der Waals surface area contributed by atoms with Crippen LogP contribution in [0.2, 0.25) is 0 Å². The zero-order valence-corrected chi connectivity index (χ0v) is 11.3. The van der Waals surface area contributed by atoms with Crippen molar-refractivity contribution in [3.8, 4) is 0 Å². The summed E-state index contributed by atoms with van der Waals surface area (Å²) in [4.78, 5) is 0. The second kappa shape index (κ2) is 4.89. The summed E-state index contributed by atoms with van der Waals surface area (Å²) in [5, 5.41) is 4.94. The molecule has 1 nitrogen and oxygen atoms in total. The van der Waals surface area contributed by atoms with Crippen LogP contribution in [0.3, 0.4) is 0 Å². The third kappa shape index (κ3) is 2.28. The molecule has 0 aromatic carbocycles. The van der Waals surface area contributed by atoms with E-state index in [0.717, 1.165) is 29.2 Å². The smallest absolute Gasteiger partial charge is 0.0101 e. The van der Waals surface area contributed by atoms with E-state index in [9.17, 15) is 0 Å². The van der Waals surface area contributed by atoms with Gasteiger partial charge in [-0.25, -0.2) is 0 Å². The van der Waals surface area contributed by atoms with E-state index < -0.39 is 0 Å². The van der Waals surface area contributed by atoms with Crippen molar-refractivity contribution in [2.45, 2.75) is 68.7 Å². The Kier molecular flexibility index (Phi) is 3.49. The van der Waals surface area contributed by atoms with Crippen molar-refractivity contribution in [1.29, 1.82) is 0 Å². The molecule has 16 heavy (non-hydrogen) atoms. The maximum absolute atomic E-state index is 3.98. The molecule has 0 radical (unpaired) electrons. The maximum atomic E-state index is 3.98. The molecule has 0 heterocycles. The first-order valence-electron chi connectivity index (χ1n) is 7.14. The van der Waals surface area contributed by atoms with Gasteiger partial charge in [0.2, 0.25) is 0 Å². The lowest BCUT2D eigenvalue weighted by atomic mass is 9.90. The van der Waals surface area contributed by atoms with Gasteiger partial charge in [0.25, 0.3) is 0 Å². The molecule has 1 N–H and O–H groups in total. The van der Waals surface area contributed by atoms with E-state index in [-0.39, 0.29) is 0 Å². The van der Waals surface area contributed by atoms with E-state index in [2.05, 4.69) is 23.3 Å². The lowest BCUT2D eigenvalue weighted by molar-refractivity contribution is 0.280. The van der Waals surface area contributed by atoms with Crippen LogP contribution in [0.5, 0.6) is 0 Å². The molecule has 3 aliphatic rings. The van der Waals surface area contributed by atoms with Gasteiger partial charge in [-0.3, -0.25) is 0 Å². The number of rotatable bonds is 3. The molecular formula is C14H25NS. The first-order valence-corrected chi connectivity index (χ1v) is 8.43. The largest absolute Gasteiger partial charge is 0.311 e. The van der Waals surface area contributed by atoms with Crippen LogP contribution < -0.4 is 5.32 Å². The second-order valence-corrected chi connectivity index (χ2v) is 7.30. The lowest BCUT2D eigenvalue weighted by Gasteiger charge is -2.33. The minimum atomic E-state index is 0.854. The third-order valence-electron chi connectivity index (χ3n) is 5.20. The zero-order valence-electron chi connectivity index (χ0n) is 10.5. The topological polar surface area (TPSA) is 12.0 Å². The zero-order chi connectivity index (χ0) is 11.0. The highest BCUT2D eigenvalue weighted by atomic mass is 32.2. The molecule has 0 aromatic heterocycles. The Hall–Kier alpha value is 0.310. The monoisotopic (exact) mass is 239 g/mol. The number of hydrogen-bond acceptors (Lipinski definition) is 2. The average molecular weight is 239 g/mol. The number of nitrogens with one attached hydrogen (secondary N) is 1. The Morgan fingerprint density at radius 2 is 1.75 bits per heavy atom. The minimum absolute atomic E-state index is 0.854. The van der Waals surface area contributed by atoms with Crippen LogP contribution in [0, 0.1) is 11.8 Å². The van der Waals surface area contributed by atoms with Gasteiger partial charge in [0.05, 0.1) is 0 Å². The third-order valence-corrected chi connectivity index (χ3v) is 6.33. The number of hydrogen-bond donors (Lipinski definition) is 1. The summed E-state index contributed by atoms with van der Waals surface area (Å²) in [5.41, 5.74) is 0. The van der Waals surface area contributed by atoms with E-state index in [1.807, 2.05) is 0 Å². The quantitative estimate of drug-likeness (QED) is 0.809. The van der Waals surface area contributed by atoms with Crippen LogP contribution in [-0.4, -0.2) is 23.6 Å². The van der Waals surface area contributed by atoms with Crippen LogP contribution in [0.1, 0.15) is 51.4 Å². The van der Waals surface area contributed by atoms with Gasteiger partial charge in [-0.1, -0.05) is 6.42 Å². The van der Waals surface area contributed by atoms with Gasteiger partial charge in [-0.15, -0.1) is 0 Å². The van der Waals surface area contributed by atoms with Gasteiger partial charge in [0.1, 0.15) is 0 Å². The molecule has 3 atom stereocenters. The summed E-state index contributed by atoms with van der Waals surface area (Å²) >= 11 is 2.07. The molecule has 92 valence electrons. The van der Waals surface area contributed by atoms with Gasteiger partial charge >= 0.3 is 0 Å². The van der Waals surface area contributed by atoms with Crippen molar-refractivity contribution in [3.05, 3.63) is 0 Å². The van der Waals surface area contributed by atoms with E-state index in [0.29, 0.717) is 0 Å². The Balaban J connectivity index is 1.46. The SMILES string of the molecule is CSC1CCC(NC2CC3CCC2C3)CC1. The molecule has 0 aliphatic heterocycles. The van der Waals surface area contributed by atoms with E-state index >= 15 is 0 Å². The average Bonchev–Trinajstić information content (AvgIpc) is 2.92. The molecule has 2 bridgehead atoms. The van der Waals surface area contributed by atoms with Crippen molar-refractivity contribution in [3.63, 3.8) is 0 Å². The summed E-state index contributed by atoms with van der Waals surface area (Å²) in [6.45, 7) is 0. The van der Waals surface area contributed by atoms with Crippen molar-refractivity contribution in [2.75, 3.05) is 6.26 Å². The van der Waals surface area contributed by atoms with Crippen LogP contribution in [0.4, 0.5) is 0 Å². The van der Waals surface area contributed by atoms with Gasteiger partial charge < -0.3 is 5.32 Å². The molecule has 3 rings (SSSR count).